The second-order valence-corrected chi connectivity index (χ2v) is 17.8. The van der Waals surface area contributed by atoms with E-state index in [1.165, 1.54) is 9.36 Å². The second kappa shape index (κ2) is 31.9. The summed E-state index contributed by atoms with van der Waals surface area (Å²) in [7, 11) is 0. The van der Waals surface area contributed by atoms with Gasteiger partial charge >= 0.3 is 18.2 Å². The van der Waals surface area contributed by atoms with Gasteiger partial charge in [-0.1, -0.05) is 78.9 Å². The average Bonchev–Trinajstić information content (AvgIpc) is 4.06. The fourth-order valence-electron chi connectivity index (χ4n) is 6.25. The van der Waals surface area contributed by atoms with Crippen LogP contribution in [0, 0.1) is 0 Å². The number of nitrogens with two attached hydrogens (primary N) is 2. The first kappa shape index (κ1) is 59.1. The van der Waals surface area contributed by atoms with Gasteiger partial charge in [-0.15, -0.1) is 10.2 Å². The summed E-state index contributed by atoms with van der Waals surface area (Å²) in [6, 6.07) is 26.6. The molecule has 0 aliphatic carbocycles. The summed E-state index contributed by atoms with van der Waals surface area (Å²) in [5.41, 5.74) is 12.1. The molecule has 3 aromatic carbocycles. The van der Waals surface area contributed by atoms with Crippen LogP contribution >= 0.6 is 0 Å². The molecule has 25 heteroatoms. The molecule has 402 valence electrons. The minimum absolute atomic E-state index is 0.00746. The largest absolute Gasteiger partial charge is 0.462 e. The number of hydrogen-bond donors (Lipinski definition) is 7. The van der Waals surface area contributed by atoms with Crippen LogP contribution < -0.4 is 32.7 Å². The maximum Gasteiger partial charge on any atom is 0.407 e. The van der Waals surface area contributed by atoms with E-state index in [9.17, 15) is 24.0 Å². The smallest absolute Gasteiger partial charge is 0.407 e. The zero-order valence-corrected chi connectivity index (χ0v) is 42.4. The Morgan fingerprint density at radius 2 is 1.00 bits per heavy atom. The van der Waals surface area contributed by atoms with Gasteiger partial charge in [0.2, 0.25) is 11.8 Å². The molecule has 0 saturated heterocycles. The Morgan fingerprint density at radius 1 is 0.581 bits per heavy atom. The molecular weight excluding hydrogens is 961 g/mol. The quantitative estimate of drug-likeness (QED) is 0.0197. The lowest BCUT2D eigenvalue weighted by molar-refractivity contribution is -0.127. The highest BCUT2D eigenvalue weighted by Gasteiger charge is 2.30. The van der Waals surface area contributed by atoms with Gasteiger partial charge in [-0.3, -0.25) is 9.59 Å². The molecule has 0 radical (unpaired) electrons. The summed E-state index contributed by atoms with van der Waals surface area (Å²) in [4.78, 5) is 60.8. The number of unbranched alkanes of at least 4 members (excludes halogenated alkanes) is 2. The Hall–Kier alpha value is -7.45. The van der Waals surface area contributed by atoms with Gasteiger partial charge in [-0.05, 0) is 97.5 Å². The number of tetrazole rings is 2. The molecule has 9 N–H and O–H groups in total. The number of aromatic nitrogens is 8. The SMILES string of the molecule is CC(C)(N)C(=O)N[C@H](COCc1ccccc1)c1nnnn1CCOC(=O)NCCCCO.CC(C)(N)C(=O)N[C@H](COCc1ccccc1)c1nnnn1CCOC(=O)NCCCCOC(=O)c1ccccc1. The van der Waals surface area contributed by atoms with Crippen LogP contribution in [0.4, 0.5) is 9.59 Å². The van der Waals surface area contributed by atoms with Crippen molar-refractivity contribution in [1.82, 2.24) is 61.7 Å². The molecular formula is C49H70N14O11. The molecule has 2 atom stereocenters. The van der Waals surface area contributed by atoms with Crippen molar-refractivity contribution in [2.45, 2.75) is 103 Å². The molecule has 74 heavy (non-hydrogen) atoms. The first-order chi connectivity index (χ1) is 35.5. The highest BCUT2D eigenvalue weighted by Crippen LogP contribution is 2.15. The molecule has 0 bridgehead atoms. The predicted octanol–water partition coefficient (Wildman–Crippen LogP) is 2.43. The standard InChI is InChI=1S/C28H37N7O6.C21H33N7O5/c1-28(2,29)26(37)31-23(20-39-19-21-11-5-3-6-12-21)24-32-33-34-35(24)16-18-41-27(38)30-15-9-10-17-40-25(36)22-13-7-4-8-14-22;1-21(2,22)19(30)24-17(15-32-14-16-8-4-3-5-9-16)18-25-26-27-28(18)11-13-33-20(31)23-10-6-7-12-29/h3-8,11-14,23H,9-10,15-20,29H2,1-2H3,(H,30,38)(H,31,37);3-5,8-9,17,29H,6-7,10-15,22H2,1-2H3,(H,23,31)(H,24,30)/t23-;17-/m11/s1. The third kappa shape index (κ3) is 22.5. The van der Waals surface area contributed by atoms with Crippen molar-refractivity contribution >= 4 is 30.0 Å². The van der Waals surface area contributed by atoms with E-state index < -0.39 is 41.3 Å². The number of hydrogen-bond acceptors (Lipinski definition) is 19. The van der Waals surface area contributed by atoms with Crippen molar-refractivity contribution in [1.29, 1.82) is 0 Å². The van der Waals surface area contributed by atoms with E-state index >= 15 is 0 Å². The zero-order chi connectivity index (χ0) is 53.6. The second-order valence-electron chi connectivity index (χ2n) is 17.8. The molecule has 5 rings (SSSR count). The van der Waals surface area contributed by atoms with Crippen molar-refractivity contribution in [3.05, 3.63) is 119 Å². The Balaban J connectivity index is 0.000000328. The van der Waals surface area contributed by atoms with Crippen LogP contribution in [0.1, 0.15) is 98.6 Å². The third-order valence-corrected chi connectivity index (χ3v) is 10.3. The van der Waals surface area contributed by atoms with Crippen LogP contribution in [-0.2, 0) is 59.6 Å². The van der Waals surface area contributed by atoms with Gasteiger partial charge in [0.1, 0.15) is 25.3 Å². The van der Waals surface area contributed by atoms with Gasteiger partial charge in [0.15, 0.2) is 11.6 Å². The number of carbonyl (C=O) groups is 5. The molecule has 4 amide bonds. The number of benzene rings is 3. The van der Waals surface area contributed by atoms with Gasteiger partial charge in [-0.2, -0.15) is 0 Å². The van der Waals surface area contributed by atoms with Crippen LogP contribution in [0.3, 0.4) is 0 Å². The number of aliphatic hydroxyl groups excluding tert-OH is 1. The predicted molar refractivity (Wildman–Crippen MR) is 267 cm³/mol. The van der Waals surface area contributed by atoms with E-state index in [2.05, 4.69) is 52.3 Å². The fourth-order valence-corrected chi connectivity index (χ4v) is 6.25. The lowest BCUT2D eigenvalue weighted by Gasteiger charge is -2.23. The number of ether oxygens (including phenoxy) is 5. The molecule has 2 aromatic heterocycles. The summed E-state index contributed by atoms with van der Waals surface area (Å²) in [5.74, 6) is -0.469. The van der Waals surface area contributed by atoms with E-state index in [1.54, 1.807) is 52.0 Å². The summed E-state index contributed by atoms with van der Waals surface area (Å²) in [6.07, 6.45) is 1.30. The van der Waals surface area contributed by atoms with E-state index in [4.69, 9.17) is 40.3 Å². The number of aliphatic hydroxyl groups is 1. The Labute approximate surface area is 429 Å². The highest BCUT2D eigenvalue weighted by molar-refractivity contribution is 5.89. The third-order valence-electron chi connectivity index (χ3n) is 10.3. The zero-order valence-electron chi connectivity index (χ0n) is 42.4. The molecule has 0 aliphatic rings. The van der Waals surface area contributed by atoms with Gasteiger partial charge in [0.05, 0.1) is 62.8 Å². The summed E-state index contributed by atoms with van der Waals surface area (Å²) in [5, 5.41) is 43.1. The lowest BCUT2D eigenvalue weighted by atomic mass is 10.1. The summed E-state index contributed by atoms with van der Waals surface area (Å²) in [6.45, 7) is 8.73. The molecule has 0 fully saturated rings. The van der Waals surface area contributed by atoms with Crippen molar-refractivity contribution < 1.29 is 52.8 Å². The number of alkyl carbamates (subject to hydrolysis) is 2. The van der Waals surface area contributed by atoms with Gasteiger partial charge in [0, 0.05) is 19.7 Å². The van der Waals surface area contributed by atoms with Crippen LogP contribution in [0.5, 0.6) is 0 Å². The molecule has 0 saturated carbocycles. The van der Waals surface area contributed by atoms with E-state index in [-0.39, 0.29) is 64.6 Å². The van der Waals surface area contributed by atoms with E-state index in [0.29, 0.717) is 69.2 Å². The number of amides is 4. The molecule has 25 nitrogen and oxygen atoms in total. The highest BCUT2D eigenvalue weighted by atomic mass is 16.6. The number of nitrogens with zero attached hydrogens (tertiary/aromatic N) is 8. The maximum atomic E-state index is 12.6. The minimum atomic E-state index is -1.12. The molecule has 5 aromatic rings. The van der Waals surface area contributed by atoms with Crippen molar-refractivity contribution in [3.63, 3.8) is 0 Å². The summed E-state index contributed by atoms with van der Waals surface area (Å²) >= 11 is 0. The summed E-state index contributed by atoms with van der Waals surface area (Å²) < 4.78 is 30.1. The first-order valence-corrected chi connectivity index (χ1v) is 24.1. The number of nitrogens with one attached hydrogen (secondary N) is 4. The number of carbonyl (C=O) groups excluding carboxylic acids is 5. The first-order valence-electron chi connectivity index (χ1n) is 24.1. The lowest BCUT2D eigenvalue weighted by Crippen LogP contribution is -2.51. The van der Waals surface area contributed by atoms with Crippen LogP contribution in [0.15, 0.2) is 91.0 Å². The van der Waals surface area contributed by atoms with Crippen molar-refractivity contribution in [2.75, 3.05) is 52.7 Å². The average molecular weight is 1030 g/mol. The van der Waals surface area contributed by atoms with Gasteiger partial charge in [-0.25, -0.2) is 23.7 Å². The monoisotopic (exact) mass is 1030 g/mol. The maximum absolute atomic E-state index is 12.6. The van der Waals surface area contributed by atoms with Crippen LogP contribution in [0.2, 0.25) is 0 Å². The fraction of sp³-hybridized carbons (Fsp3) is 0.490. The van der Waals surface area contributed by atoms with Gasteiger partial charge in [0.25, 0.3) is 0 Å². The minimum Gasteiger partial charge on any atom is -0.462 e. The number of rotatable bonds is 30. The molecule has 0 unspecified atom stereocenters. The number of esters is 1. The van der Waals surface area contributed by atoms with Crippen molar-refractivity contribution in [2.24, 2.45) is 11.5 Å². The van der Waals surface area contributed by atoms with Crippen LogP contribution in [0.25, 0.3) is 0 Å². The van der Waals surface area contributed by atoms with Gasteiger partial charge < -0.3 is 61.5 Å². The van der Waals surface area contributed by atoms with E-state index in [1.807, 2.05) is 66.7 Å². The Kier molecular flexibility index (Phi) is 25.5. The molecule has 2 heterocycles. The normalized spacial score (nSPS) is 12.0. The Bertz CT molecular complexity index is 2420. The Morgan fingerprint density at radius 3 is 1.42 bits per heavy atom. The van der Waals surface area contributed by atoms with E-state index in [0.717, 1.165) is 11.1 Å². The van der Waals surface area contributed by atoms with Crippen molar-refractivity contribution in [3.8, 4) is 0 Å². The topological polar surface area (TPSA) is 339 Å². The van der Waals surface area contributed by atoms with Crippen LogP contribution in [-0.4, -0.2) is 139 Å². The molecule has 0 spiro atoms. The molecule has 0 aliphatic heterocycles.